The number of aliphatic carboxylic acids is 1. The van der Waals surface area contributed by atoms with Crippen LogP contribution in [0.1, 0.15) is 32.6 Å². The number of carbonyl (C=O) groups excluding carboxylic acids is 2. The van der Waals surface area contributed by atoms with Gasteiger partial charge in [-0.15, -0.1) is 0 Å². The summed E-state index contributed by atoms with van der Waals surface area (Å²) in [6.07, 6.45) is 5.38. The Morgan fingerprint density at radius 1 is 1.18 bits per heavy atom. The van der Waals surface area contributed by atoms with E-state index in [1.165, 1.54) is 0 Å². The Hall–Kier alpha value is -1.85. The standard InChI is InChI=1S/C11H16N2O4/c1-11(6-2-3-7-11)13-10(17)12-8(14)4-5-9(15)16/h4-5H,2-3,6-7H2,1H3,(H,15,16)(H2,12,13,14,17). The molecule has 0 radical (unpaired) electrons. The molecule has 94 valence electrons. The summed E-state index contributed by atoms with van der Waals surface area (Å²) in [5, 5.41) is 13.1. The van der Waals surface area contributed by atoms with Gasteiger partial charge in [-0.2, -0.15) is 0 Å². The van der Waals surface area contributed by atoms with Crippen LogP contribution < -0.4 is 10.6 Å². The first kappa shape index (κ1) is 13.2. The molecule has 0 spiro atoms. The van der Waals surface area contributed by atoms with Crippen LogP contribution in [0.25, 0.3) is 0 Å². The van der Waals surface area contributed by atoms with Crippen molar-refractivity contribution in [3.63, 3.8) is 0 Å². The molecular weight excluding hydrogens is 224 g/mol. The van der Waals surface area contributed by atoms with E-state index in [0.29, 0.717) is 6.08 Å². The van der Waals surface area contributed by atoms with Crippen LogP contribution in [0.2, 0.25) is 0 Å². The van der Waals surface area contributed by atoms with E-state index in [-0.39, 0.29) is 5.54 Å². The summed E-state index contributed by atoms with van der Waals surface area (Å²) in [5.41, 5.74) is -0.263. The fourth-order valence-electron chi connectivity index (χ4n) is 1.89. The highest BCUT2D eigenvalue weighted by molar-refractivity contribution is 6.02. The van der Waals surface area contributed by atoms with Crippen molar-refractivity contribution in [3.05, 3.63) is 12.2 Å². The molecule has 3 amide bonds. The summed E-state index contributed by atoms with van der Waals surface area (Å²) in [4.78, 5) is 32.7. The Kier molecular flexibility index (Phi) is 4.25. The minimum Gasteiger partial charge on any atom is -0.478 e. The Bertz CT molecular complexity index is 356. The molecule has 0 saturated heterocycles. The predicted octanol–water partition coefficient (Wildman–Crippen LogP) is 0.786. The van der Waals surface area contributed by atoms with Gasteiger partial charge in [0, 0.05) is 17.7 Å². The van der Waals surface area contributed by atoms with Crippen LogP contribution >= 0.6 is 0 Å². The van der Waals surface area contributed by atoms with Gasteiger partial charge in [0.2, 0.25) is 0 Å². The van der Waals surface area contributed by atoms with Crippen molar-refractivity contribution in [1.29, 1.82) is 0 Å². The average Bonchev–Trinajstić information content (AvgIpc) is 2.61. The maximum absolute atomic E-state index is 11.4. The number of carbonyl (C=O) groups is 3. The molecular formula is C11H16N2O4. The number of carboxylic acids is 1. The van der Waals surface area contributed by atoms with Gasteiger partial charge in [-0.05, 0) is 19.8 Å². The van der Waals surface area contributed by atoms with Gasteiger partial charge in [0.1, 0.15) is 0 Å². The third-order valence-corrected chi connectivity index (χ3v) is 2.74. The second kappa shape index (κ2) is 5.47. The van der Waals surface area contributed by atoms with Crippen LogP contribution in [-0.4, -0.2) is 28.6 Å². The first-order valence-corrected chi connectivity index (χ1v) is 5.45. The van der Waals surface area contributed by atoms with E-state index in [1.807, 2.05) is 12.2 Å². The monoisotopic (exact) mass is 240 g/mol. The van der Waals surface area contributed by atoms with Gasteiger partial charge >= 0.3 is 12.0 Å². The van der Waals surface area contributed by atoms with Gasteiger partial charge in [-0.1, -0.05) is 12.8 Å². The smallest absolute Gasteiger partial charge is 0.328 e. The zero-order chi connectivity index (χ0) is 12.9. The van der Waals surface area contributed by atoms with Crippen LogP contribution in [0.15, 0.2) is 12.2 Å². The van der Waals surface area contributed by atoms with Crippen molar-refractivity contribution in [2.75, 3.05) is 0 Å². The minimum absolute atomic E-state index is 0.263. The fourth-order valence-corrected chi connectivity index (χ4v) is 1.89. The second-order valence-electron chi connectivity index (χ2n) is 4.38. The molecule has 17 heavy (non-hydrogen) atoms. The molecule has 1 aliphatic rings. The van der Waals surface area contributed by atoms with Crippen molar-refractivity contribution in [1.82, 2.24) is 10.6 Å². The Balaban J connectivity index is 2.39. The first-order chi connectivity index (χ1) is 7.91. The Morgan fingerprint density at radius 2 is 1.76 bits per heavy atom. The number of imide groups is 1. The van der Waals surface area contributed by atoms with Crippen molar-refractivity contribution in [2.45, 2.75) is 38.1 Å². The van der Waals surface area contributed by atoms with Crippen LogP contribution in [0.5, 0.6) is 0 Å². The van der Waals surface area contributed by atoms with Gasteiger partial charge in [-0.3, -0.25) is 10.1 Å². The van der Waals surface area contributed by atoms with E-state index < -0.39 is 17.9 Å². The van der Waals surface area contributed by atoms with Crippen LogP contribution in [0.3, 0.4) is 0 Å². The van der Waals surface area contributed by atoms with E-state index in [2.05, 4.69) is 5.32 Å². The molecule has 1 aliphatic carbocycles. The molecule has 1 rings (SSSR count). The fraction of sp³-hybridized carbons (Fsp3) is 0.545. The molecule has 0 aromatic rings. The molecule has 0 aromatic carbocycles. The molecule has 3 N–H and O–H groups in total. The average molecular weight is 240 g/mol. The van der Waals surface area contributed by atoms with E-state index in [0.717, 1.165) is 31.8 Å². The molecule has 0 heterocycles. The zero-order valence-electron chi connectivity index (χ0n) is 9.66. The number of nitrogens with one attached hydrogen (secondary N) is 2. The summed E-state index contributed by atoms with van der Waals surface area (Å²) in [6, 6.07) is -0.588. The molecule has 0 aliphatic heterocycles. The predicted molar refractivity (Wildman–Crippen MR) is 60.3 cm³/mol. The van der Waals surface area contributed by atoms with Crippen molar-refractivity contribution in [3.8, 4) is 0 Å². The number of rotatable bonds is 3. The van der Waals surface area contributed by atoms with Crippen molar-refractivity contribution >= 4 is 17.9 Å². The molecule has 0 atom stereocenters. The van der Waals surface area contributed by atoms with E-state index in [4.69, 9.17) is 5.11 Å². The maximum atomic E-state index is 11.4. The maximum Gasteiger partial charge on any atom is 0.328 e. The summed E-state index contributed by atoms with van der Waals surface area (Å²) in [7, 11) is 0. The number of hydrogen-bond acceptors (Lipinski definition) is 3. The van der Waals surface area contributed by atoms with Crippen LogP contribution in [0, 0.1) is 0 Å². The number of urea groups is 1. The summed E-state index contributed by atoms with van der Waals surface area (Å²) in [6.45, 7) is 1.93. The number of amides is 3. The lowest BCUT2D eigenvalue weighted by Gasteiger charge is -2.24. The molecule has 0 bridgehead atoms. The molecule has 1 saturated carbocycles. The highest BCUT2D eigenvalue weighted by Gasteiger charge is 2.30. The second-order valence-corrected chi connectivity index (χ2v) is 4.38. The van der Waals surface area contributed by atoms with E-state index >= 15 is 0 Å². The van der Waals surface area contributed by atoms with Gasteiger partial charge in [-0.25, -0.2) is 9.59 Å². The number of hydrogen-bond donors (Lipinski definition) is 3. The molecule has 1 fully saturated rings. The molecule has 0 aromatic heterocycles. The van der Waals surface area contributed by atoms with E-state index in [1.54, 1.807) is 0 Å². The van der Waals surface area contributed by atoms with Gasteiger partial charge in [0.15, 0.2) is 0 Å². The third kappa shape index (κ3) is 4.67. The largest absolute Gasteiger partial charge is 0.478 e. The summed E-state index contributed by atoms with van der Waals surface area (Å²) < 4.78 is 0. The third-order valence-electron chi connectivity index (χ3n) is 2.74. The normalized spacial score (nSPS) is 17.9. The minimum atomic E-state index is -1.23. The number of carboxylic acid groups (broad SMARTS) is 1. The Labute approximate surface area is 99.1 Å². The van der Waals surface area contributed by atoms with Crippen LogP contribution in [-0.2, 0) is 9.59 Å². The van der Waals surface area contributed by atoms with Gasteiger partial charge in [0.05, 0.1) is 0 Å². The molecule has 6 nitrogen and oxygen atoms in total. The first-order valence-electron chi connectivity index (χ1n) is 5.45. The van der Waals surface area contributed by atoms with Gasteiger partial charge < -0.3 is 10.4 Å². The van der Waals surface area contributed by atoms with Gasteiger partial charge in [0.25, 0.3) is 5.91 Å². The lowest BCUT2D eigenvalue weighted by molar-refractivity contribution is -0.131. The lowest BCUT2D eigenvalue weighted by Crippen LogP contribution is -2.49. The summed E-state index contributed by atoms with van der Waals surface area (Å²) in [5.74, 6) is -1.98. The molecule has 6 heteroatoms. The Morgan fingerprint density at radius 3 is 2.29 bits per heavy atom. The van der Waals surface area contributed by atoms with Crippen molar-refractivity contribution < 1.29 is 19.5 Å². The topological polar surface area (TPSA) is 95.5 Å². The SMILES string of the molecule is CC1(NC(=O)NC(=O)C=CC(=O)O)CCCC1. The highest BCUT2D eigenvalue weighted by Crippen LogP contribution is 2.28. The zero-order valence-corrected chi connectivity index (χ0v) is 9.66. The molecule has 0 unspecified atom stereocenters. The van der Waals surface area contributed by atoms with Crippen molar-refractivity contribution in [2.24, 2.45) is 0 Å². The summed E-state index contributed by atoms with van der Waals surface area (Å²) >= 11 is 0. The van der Waals surface area contributed by atoms with E-state index in [9.17, 15) is 14.4 Å². The lowest BCUT2D eigenvalue weighted by atomic mass is 10.0. The van der Waals surface area contributed by atoms with Crippen LogP contribution in [0.4, 0.5) is 4.79 Å². The highest BCUT2D eigenvalue weighted by atomic mass is 16.4. The quantitative estimate of drug-likeness (QED) is 0.635.